The van der Waals surface area contributed by atoms with Crippen molar-refractivity contribution in [2.45, 2.75) is 18.9 Å². The van der Waals surface area contributed by atoms with Crippen LogP contribution in [-0.4, -0.2) is 28.2 Å². The lowest BCUT2D eigenvalue weighted by Crippen LogP contribution is -2.05. The second kappa shape index (κ2) is 5.05. The van der Waals surface area contributed by atoms with Crippen LogP contribution in [-0.2, 0) is 11.3 Å². The Bertz CT molecular complexity index is 559. The summed E-state index contributed by atoms with van der Waals surface area (Å²) in [5.74, 6) is -0.901. The fraction of sp³-hybridized carbons (Fsp3) is 0.385. The molecule has 0 spiro atoms. The maximum absolute atomic E-state index is 13.5. The van der Waals surface area contributed by atoms with Crippen molar-refractivity contribution in [3.8, 4) is 0 Å². The molecule has 1 fully saturated rings. The normalized spacial score (nSPS) is 18.9. The lowest BCUT2D eigenvalue weighted by Gasteiger charge is -2.04. The van der Waals surface area contributed by atoms with Crippen LogP contribution in [0.4, 0.5) is 8.78 Å². The van der Waals surface area contributed by atoms with Crippen LogP contribution >= 0.6 is 0 Å². The van der Waals surface area contributed by atoms with Crippen molar-refractivity contribution in [1.29, 1.82) is 0 Å². The summed E-state index contributed by atoms with van der Waals surface area (Å²) < 4.78 is 33.8. The number of rotatable bonds is 3. The molecule has 1 atom stereocenters. The first-order chi connectivity index (χ1) is 9.24. The van der Waals surface area contributed by atoms with Crippen LogP contribution in [0.25, 0.3) is 0 Å². The molecule has 1 aliphatic rings. The SMILES string of the molecule is Fc1cccc(F)c1Cn1cc([C@H]2CCOC2)nn1. The number of halogens is 2. The van der Waals surface area contributed by atoms with Gasteiger partial charge in [0, 0.05) is 24.3 Å². The minimum Gasteiger partial charge on any atom is -0.381 e. The molecule has 2 aromatic rings. The summed E-state index contributed by atoms with van der Waals surface area (Å²) in [6.07, 6.45) is 2.64. The Hall–Kier alpha value is -1.82. The Morgan fingerprint density at radius 1 is 1.32 bits per heavy atom. The summed E-state index contributed by atoms with van der Waals surface area (Å²) in [5, 5.41) is 7.96. The van der Waals surface area contributed by atoms with Gasteiger partial charge in [0.1, 0.15) is 11.6 Å². The molecular formula is C13H13F2N3O. The van der Waals surface area contributed by atoms with Crippen molar-refractivity contribution >= 4 is 0 Å². The molecule has 1 saturated heterocycles. The lowest BCUT2D eigenvalue weighted by molar-refractivity contribution is 0.193. The largest absolute Gasteiger partial charge is 0.381 e. The Kier molecular flexibility index (Phi) is 3.25. The van der Waals surface area contributed by atoms with Crippen LogP contribution in [0.5, 0.6) is 0 Å². The van der Waals surface area contributed by atoms with Crippen molar-refractivity contribution in [1.82, 2.24) is 15.0 Å². The average Bonchev–Trinajstić information content (AvgIpc) is 3.04. The van der Waals surface area contributed by atoms with Gasteiger partial charge in [-0.15, -0.1) is 5.10 Å². The molecule has 0 N–H and O–H groups in total. The van der Waals surface area contributed by atoms with Gasteiger partial charge in [-0.05, 0) is 18.6 Å². The molecule has 2 heterocycles. The maximum Gasteiger partial charge on any atom is 0.131 e. The van der Waals surface area contributed by atoms with Crippen molar-refractivity contribution in [2.75, 3.05) is 13.2 Å². The van der Waals surface area contributed by atoms with Gasteiger partial charge in [-0.1, -0.05) is 11.3 Å². The third-order valence-electron chi connectivity index (χ3n) is 3.29. The maximum atomic E-state index is 13.5. The molecule has 0 radical (unpaired) electrons. The first-order valence-corrected chi connectivity index (χ1v) is 6.14. The zero-order valence-electron chi connectivity index (χ0n) is 10.2. The highest BCUT2D eigenvalue weighted by Crippen LogP contribution is 2.23. The van der Waals surface area contributed by atoms with Gasteiger partial charge in [0.05, 0.1) is 18.8 Å². The molecule has 19 heavy (non-hydrogen) atoms. The van der Waals surface area contributed by atoms with E-state index in [2.05, 4.69) is 10.3 Å². The molecule has 1 aromatic carbocycles. The topological polar surface area (TPSA) is 39.9 Å². The fourth-order valence-corrected chi connectivity index (χ4v) is 2.19. The van der Waals surface area contributed by atoms with Crippen molar-refractivity contribution in [3.05, 3.63) is 47.3 Å². The van der Waals surface area contributed by atoms with E-state index >= 15 is 0 Å². The van der Waals surface area contributed by atoms with E-state index in [1.54, 1.807) is 6.20 Å². The van der Waals surface area contributed by atoms with E-state index in [1.807, 2.05) is 0 Å². The Morgan fingerprint density at radius 3 is 2.79 bits per heavy atom. The van der Waals surface area contributed by atoms with E-state index in [0.717, 1.165) is 18.7 Å². The first kappa shape index (κ1) is 12.2. The smallest absolute Gasteiger partial charge is 0.131 e. The summed E-state index contributed by atoms with van der Waals surface area (Å²) >= 11 is 0. The van der Waals surface area contributed by atoms with E-state index in [0.29, 0.717) is 6.61 Å². The summed E-state index contributed by atoms with van der Waals surface area (Å²) in [7, 11) is 0. The lowest BCUT2D eigenvalue weighted by atomic mass is 10.1. The molecule has 0 saturated carbocycles. The monoisotopic (exact) mass is 265 g/mol. The zero-order valence-corrected chi connectivity index (χ0v) is 10.2. The summed E-state index contributed by atoms with van der Waals surface area (Å²) in [6, 6.07) is 3.82. The van der Waals surface area contributed by atoms with E-state index in [-0.39, 0.29) is 18.0 Å². The molecule has 0 aliphatic carbocycles. The van der Waals surface area contributed by atoms with Gasteiger partial charge in [0.2, 0.25) is 0 Å². The number of aromatic nitrogens is 3. The van der Waals surface area contributed by atoms with Gasteiger partial charge < -0.3 is 4.74 Å². The summed E-state index contributed by atoms with van der Waals surface area (Å²) in [4.78, 5) is 0. The fourth-order valence-electron chi connectivity index (χ4n) is 2.19. The first-order valence-electron chi connectivity index (χ1n) is 6.14. The molecule has 6 heteroatoms. The molecule has 1 aromatic heterocycles. The van der Waals surface area contributed by atoms with Crippen molar-refractivity contribution in [3.63, 3.8) is 0 Å². The molecule has 0 unspecified atom stereocenters. The Balaban J connectivity index is 1.80. The molecular weight excluding hydrogens is 252 g/mol. The molecule has 0 bridgehead atoms. The number of nitrogens with zero attached hydrogens (tertiary/aromatic N) is 3. The highest BCUT2D eigenvalue weighted by molar-refractivity contribution is 5.20. The van der Waals surface area contributed by atoms with Crippen LogP contribution in [0.15, 0.2) is 24.4 Å². The van der Waals surface area contributed by atoms with Crippen LogP contribution in [0, 0.1) is 11.6 Å². The quantitative estimate of drug-likeness (QED) is 0.853. The molecule has 4 nitrogen and oxygen atoms in total. The Morgan fingerprint density at radius 2 is 2.11 bits per heavy atom. The molecule has 1 aliphatic heterocycles. The predicted octanol–water partition coefficient (Wildman–Crippen LogP) is 2.11. The van der Waals surface area contributed by atoms with Gasteiger partial charge in [-0.25, -0.2) is 13.5 Å². The Labute approximate surface area is 109 Å². The minimum absolute atomic E-state index is 0.00150. The third-order valence-corrected chi connectivity index (χ3v) is 3.29. The predicted molar refractivity (Wildman–Crippen MR) is 63.7 cm³/mol. The van der Waals surface area contributed by atoms with Crippen LogP contribution in [0.3, 0.4) is 0 Å². The zero-order chi connectivity index (χ0) is 13.2. The second-order valence-electron chi connectivity index (χ2n) is 4.60. The van der Waals surface area contributed by atoms with E-state index < -0.39 is 11.6 Å². The average molecular weight is 265 g/mol. The molecule has 3 rings (SSSR count). The standard InChI is InChI=1S/C13H13F2N3O/c14-11-2-1-3-12(15)10(11)6-18-7-13(16-17-18)9-4-5-19-8-9/h1-3,7,9H,4-6,8H2/t9-/m0/s1. The summed E-state index contributed by atoms with van der Waals surface area (Å²) in [5.41, 5.74) is 0.816. The number of benzene rings is 1. The molecule has 100 valence electrons. The van der Waals surface area contributed by atoms with Crippen molar-refractivity contribution in [2.24, 2.45) is 0 Å². The van der Waals surface area contributed by atoms with E-state index in [1.165, 1.54) is 22.9 Å². The number of hydrogen-bond acceptors (Lipinski definition) is 3. The van der Waals surface area contributed by atoms with Crippen molar-refractivity contribution < 1.29 is 13.5 Å². The minimum atomic E-state index is -0.568. The van der Waals surface area contributed by atoms with E-state index in [9.17, 15) is 8.78 Å². The van der Waals surface area contributed by atoms with E-state index in [4.69, 9.17) is 4.74 Å². The highest BCUT2D eigenvalue weighted by atomic mass is 19.1. The van der Waals surface area contributed by atoms with Gasteiger partial charge in [-0.2, -0.15) is 0 Å². The van der Waals surface area contributed by atoms with Crippen LogP contribution < -0.4 is 0 Å². The van der Waals surface area contributed by atoms with Gasteiger partial charge in [0.15, 0.2) is 0 Å². The van der Waals surface area contributed by atoms with Crippen LogP contribution in [0.2, 0.25) is 0 Å². The van der Waals surface area contributed by atoms with Gasteiger partial charge in [0.25, 0.3) is 0 Å². The van der Waals surface area contributed by atoms with Gasteiger partial charge in [-0.3, -0.25) is 0 Å². The van der Waals surface area contributed by atoms with Crippen LogP contribution in [0.1, 0.15) is 23.6 Å². The highest BCUT2D eigenvalue weighted by Gasteiger charge is 2.21. The second-order valence-corrected chi connectivity index (χ2v) is 4.60. The number of hydrogen-bond donors (Lipinski definition) is 0. The number of ether oxygens (including phenoxy) is 1. The summed E-state index contributed by atoms with van der Waals surface area (Å²) in [6.45, 7) is 1.39. The van der Waals surface area contributed by atoms with Gasteiger partial charge >= 0.3 is 0 Å². The molecule has 0 amide bonds. The third kappa shape index (κ3) is 2.49.